The van der Waals surface area contributed by atoms with E-state index in [0.717, 1.165) is 17.5 Å². The highest BCUT2D eigenvalue weighted by Crippen LogP contribution is 2.48. The zero-order chi connectivity index (χ0) is 10.1. The molecule has 2 unspecified atom stereocenters. The van der Waals surface area contributed by atoms with Crippen molar-refractivity contribution in [3.8, 4) is 0 Å². The maximum atomic E-state index is 2.37. The second-order valence-electron chi connectivity index (χ2n) is 6.49. The SMILES string of the molecule is CC(C)BC1CCC1BC(C)(C)C. The smallest absolute Gasteiger partial charge is 0.0710 e. The van der Waals surface area contributed by atoms with Crippen molar-refractivity contribution in [2.24, 2.45) is 0 Å². The third-order valence-corrected chi connectivity index (χ3v) is 3.22. The van der Waals surface area contributed by atoms with Crippen LogP contribution >= 0.6 is 0 Å². The van der Waals surface area contributed by atoms with Gasteiger partial charge in [-0.2, -0.15) is 0 Å². The van der Waals surface area contributed by atoms with Gasteiger partial charge >= 0.3 is 0 Å². The fraction of sp³-hybridized carbons (Fsp3) is 1.00. The van der Waals surface area contributed by atoms with E-state index < -0.39 is 0 Å². The summed E-state index contributed by atoms with van der Waals surface area (Å²) in [6.45, 7) is 11.8. The molecular formula is C11H24B2. The van der Waals surface area contributed by atoms with E-state index in [1.165, 1.54) is 27.4 Å². The maximum absolute atomic E-state index is 2.37. The Morgan fingerprint density at radius 2 is 1.62 bits per heavy atom. The van der Waals surface area contributed by atoms with Gasteiger partial charge in [-0.25, -0.2) is 0 Å². The third-order valence-electron chi connectivity index (χ3n) is 3.22. The van der Waals surface area contributed by atoms with E-state index >= 15 is 0 Å². The summed E-state index contributed by atoms with van der Waals surface area (Å²) in [5.41, 5.74) is 0. The van der Waals surface area contributed by atoms with E-state index in [4.69, 9.17) is 0 Å². The summed E-state index contributed by atoms with van der Waals surface area (Å²) in [6.07, 6.45) is 2.99. The van der Waals surface area contributed by atoms with Gasteiger partial charge in [0.1, 0.15) is 14.6 Å². The van der Waals surface area contributed by atoms with Gasteiger partial charge in [-0.3, -0.25) is 0 Å². The van der Waals surface area contributed by atoms with Crippen molar-refractivity contribution in [1.82, 2.24) is 0 Å². The van der Waals surface area contributed by atoms with Crippen LogP contribution in [-0.4, -0.2) is 14.6 Å². The van der Waals surface area contributed by atoms with Crippen molar-refractivity contribution in [2.45, 2.75) is 70.2 Å². The molecule has 74 valence electrons. The van der Waals surface area contributed by atoms with Crippen LogP contribution in [0.25, 0.3) is 0 Å². The Morgan fingerprint density at radius 1 is 1.08 bits per heavy atom. The highest BCUT2D eigenvalue weighted by molar-refractivity contribution is 6.48. The van der Waals surface area contributed by atoms with Crippen LogP contribution in [0.4, 0.5) is 0 Å². The van der Waals surface area contributed by atoms with Crippen LogP contribution < -0.4 is 0 Å². The molecule has 1 fully saturated rings. The van der Waals surface area contributed by atoms with Crippen LogP contribution in [0.3, 0.4) is 0 Å². The Kier molecular flexibility index (Phi) is 3.54. The first kappa shape index (κ1) is 11.2. The van der Waals surface area contributed by atoms with E-state index in [1.807, 2.05) is 0 Å². The molecule has 1 rings (SSSR count). The first-order valence-electron chi connectivity index (χ1n) is 5.88. The molecule has 0 saturated heterocycles. The van der Waals surface area contributed by atoms with Crippen molar-refractivity contribution < 1.29 is 0 Å². The Labute approximate surface area is 85.4 Å². The minimum absolute atomic E-state index is 0.542. The van der Waals surface area contributed by atoms with Crippen LogP contribution in [0, 0.1) is 0 Å². The molecule has 0 spiro atoms. The lowest BCUT2D eigenvalue weighted by atomic mass is 9.32. The van der Waals surface area contributed by atoms with Gasteiger partial charge in [0.25, 0.3) is 0 Å². The summed E-state index contributed by atoms with van der Waals surface area (Å²) in [4.78, 5) is 0. The fourth-order valence-corrected chi connectivity index (χ4v) is 2.61. The first-order chi connectivity index (χ1) is 5.88. The Balaban J connectivity index is 2.29. The predicted molar refractivity (Wildman–Crippen MR) is 65.8 cm³/mol. The molecule has 0 N–H and O–H groups in total. The number of hydrogen-bond acceptors (Lipinski definition) is 0. The van der Waals surface area contributed by atoms with Crippen LogP contribution in [0.5, 0.6) is 0 Å². The molecule has 13 heavy (non-hydrogen) atoms. The average Bonchev–Trinajstić information content (AvgIpc) is 1.92. The normalized spacial score (nSPS) is 28.5. The predicted octanol–water partition coefficient (Wildman–Crippen LogP) is 3.28. The first-order valence-corrected chi connectivity index (χ1v) is 5.88. The molecule has 0 aromatic heterocycles. The highest BCUT2D eigenvalue weighted by atomic mass is 14.2. The zero-order valence-corrected chi connectivity index (χ0v) is 10.1. The molecule has 2 heteroatoms. The van der Waals surface area contributed by atoms with Gasteiger partial charge in [0.05, 0.1) is 0 Å². The minimum atomic E-state index is 0.542. The molecule has 0 bridgehead atoms. The molecule has 1 aliphatic carbocycles. The Hall–Kier alpha value is 0.130. The molecule has 1 aliphatic rings. The topological polar surface area (TPSA) is 0 Å². The lowest BCUT2D eigenvalue weighted by molar-refractivity contribution is 0.479. The quantitative estimate of drug-likeness (QED) is 0.581. The molecule has 0 aliphatic heterocycles. The van der Waals surface area contributed by atoms with Crippen molar-refractivity contribution >= 4 is 14.6 Å². The molecule has 0 radical (unpaired) electrons. The Bertz CT molecular complexity index is 158. The summed E-state index contributed by atoms with van der Waals surface area (Å²) in [6, 6.07) is 0. The van der Waals surface area contributed by atoms with Gasteiger partial charge in [-0.15, -0.1) is 0 Å². The summed E-state index contributed by atoms with van der Waals surface area (Å²) >= 11 is 0. The van der Waals surface area contributed by atoms with E-state index in [1.54, 1.807) is 0 Å². The van der Waals surface area contributed by atoms with Gasteiger partial charge in [0.15, 0.2) is 0 Å². The van der Waals surface area contributed by atoms with E-state index in [2.05, 4.69) is 34.6 Å². The summed E-state index contributed by atoms with van der Waals surface area (Å²) in [5.74, 6) is 2.99. The zero-order valence-electron chi connectivity index (χ0n) is 10.1. The van der Waals surface area contributed by atoms with Crippen LogP contribution in [-0.2, 0) is 0 Å². The fourth-order valence-electron chi connectivity index (χ4n) is 2.61. The highest BCUT2D eigenvalue weighted by Gasteiger charge is 2.34. The standard InChI is InChI=1S/C11H24B2/c1-8(2)12-9-6-7-10(9)13-11(3,4)5/h8-10,12-13H,6-7H2,1-5H3. The van der Waals surface area contributed by atoms with E-state index in [-0.39, 0.29) is 0 Å². The largest absolute Gasteiger partial charge is 0.129 e. The molecule has 0 aromatic carbocycles. The lowest BCUT2D eigenvalue weighted by Crippen LogP contribution is -2.30. The van der Waals surface area contributed by atoms with Crippen molar-refractivity contribution in [2.75, 3.05) is 0 Å². The maximum Gasteiger partial charge on any atom is 0.129 e. The Morgan fingerprint density at radius 3 is 1.92 bits per heavy atom. The van der Waals surface area contributed by atoms with Gasteiger partial charge < -0.3 is 0 Å². The molecule has 2 atom stereocenters. The molecule has 0 amide bonds. The third kappa shape index (κ3) is 3.79. The lowest BCUT2D eigenvalue weighted by Gasteiger charge is -2.40. The number of hydrogen-bond donors (Lipinski definition) is 0. The van der Waals surface area contributed by atoms with Gasteiger partial charge in [0.2, 0.25) is 0 Å². The molecule has 0 nitrogen and oxygen atoms in total. The second kappa shape index (κ2) is 4.11. The monoisotopic (exact) mass is 178 g/mol. The molecular weight excluding hydrogens is 154 g/mol. The van der Waals surface area contributed by atoms with Gasteiger partial charge in [0, 0.05) is 0 Å². The van der Waals surface area contributed by atoms with E-state index in [0.29, 0.717) is 5.31 Å². The molecule has 1 saturated carbocycles. The van der Waals surface area contributed by atoms with Crippen LogP contribution in [0.2, 0.25) is 22.8 Å². The van der Waals surface area contributed by atoms with E-state index in [9.17, 15) is 0 Å². The number of rotatable bonds is 3. The van der Waals surface area contributed by atoms with Gasteiger partial charge in [-0.1, -0.05) is 70.2 Å². The van der Waals surface area contributed by atoms with Crippen molar-refractivity contribution in [3.63, 3.8) is 0 Å². The van der Waals surface area contributed by atoms with Gasteiger partial charge in [-0.05, 0) is 0 Å². The summed E-state index contributed by atoms with van der Waals surface area (Å²) < 4.78 is 0. The van der Waals surface area contributed by atoms with Crippen molar-refractivity contribution in [3.05, 3.63) is 0 Å². The average molecular weight is 178 g/mol. The molecule has 0 heterocycles. The second-order valence-corrected chi connectivity index (χ2v) is 6.49. The minimum Gasteiger partial charge on any atom is -0.0710 e. The van der Waals surface area contributed by atoms with Crippen LogP contribution in [0.15, 0.2) is 0 Å². The molecule has 0 aromatic rings. The summed E-state index contributed by atoms with van der Waals surface area (Å²) in [5, 5.41) is 0.542. The van der Waals surface area contributed by atoms with Crippen molar-refractivity contribution in [1.29, 1.82) is 0 Å². The van der Waals surface area contributed by atoms with Crippen LogP contribution in [0.1, 0.15) is 47.5 Å². The summed E-state index contributed by atoms with van der Waals surface area (Å²) in [7, 11) is 2.89.